The fourth-order valence-electron chi connectivity index (χ4n) is 5.54. The summed E-state index contributed by atoms with van der Waals surface area (Å²) in [6.07, 6.45) is 9.33. The minimum absolute atomic E-state index is 0.241. The number of hydrogen-bond acceptors (Lipinski definition) is 5. The van der Waals surface area contributed by atoms with Crippen LogP contribution in [0.2, 0.25) is 0 Å². The van der Waals surface area contributed by atoms with E-state index in [1.54, 1.807) is 0 Å². The van der Waals surface area contributed by atoms with E-state index in [4.69, 9.17) is 15.1 Å². The number of aryl methyl sites for hydroxylation is 3. The molecule has 5 rings (SSSR count). The molecule has 7 heteroatoms. The lowest BCUT2D eigenvalue weighted by Gasteiger charge is -2.30. The van der Waals surface area contributed by atoms with E-state index >= 15 is 0 Å². The number of carbonyl (C=O) groups excluding carboxylic acids is 1. The van der Waals surface area contributed by atoms with Gasteiger partial charge in [0.1, 0.15) is 11.6 Å². The minimum Gasteiger partial charge on any atom is -0.367 e. The summed E-state index contributed by atoms with van der Waals surface area (Å²) >= 11 is 0. The van der Waals surface area contributed by atoms with Crippen molar-refractivity contribution in [3.63, 3.8) is 0 Å². The maximum absolute atomic E-state index is 12.5. The third-order valence-electron chi connectivity index (χ3n) is 7.55. The van der Waals surface area contributed by atoms with E-state index in [-0.39, 0.29) is 11.8 Å². The van der Waals surface area contributed by atoms with Gasteiger partial charge in [0.2, 0.25) is 5.91 Å². The zero-order valence-corrected chi connectivity index (χ0v) is 20.6. The Morgan fingerprint density at radius 1 is 1.00 bits per heavy atom. The number of carbonyl (C=O) groups is 1. The number of aromatic nitrogens is 4. The zero-order chi connectivity index (χ0) is 23.7. The number of nitrogens with zero attached hydrogens (tertiary/aromatic N) is 4. The second-order valence-electron chi connectivity index (χ2n) is 10.0. The van der Waals surface area contributed by atoms with Crippen molar-refractivity contribution in [2.45, 2.75) is 90.6 Å². The van der Waals surface area contributed by atoms with Gasteiger partial charge >= 0.3 is 0 Å². The molecule has 2 aliphatic rings. The van der Waals surface area contributed by atoms with Gasteiger partial charge in [-0.1, -0.05) is 38.0 Å². The van der Waals surface area contributed by atoms with Crippen LogP contribution in [0.4, 0.5) is 5.82 Å². The van der Waals surface area contributed by atoms with Crippen molar-refractivity contribution in [1.29, 1.82) is 0 Å². The molecule has 0 bridgehead atoms. The van der Waals surface area contributed by atoms with Crippen LogP contribution in [0.3, 0.4) is 0 Å². The van der Waals surface area contributed by atoms with Crippen LogP contribution in [0, 0.1) is 19.8 Å². The molecule has 3 aromatic rings. The Labute approximate surface area is 201 Å². The fraction of sp³-hybridized carbons (Fsp3) is 0.556. The minimum atomic E-state index is 0.241. The Morgan fingerprint density at radius 2 is 1.71 bits per heavy atom. The number of benzene rings is 1. The number of rotatable bonds is 6. The van der Waals surface area contributed by atoms with Crippen LogP contribution in [0.25, 0.3) is 16.7 Å². The molecule has 2 aliphatic carbocycles. The van der Waals surface area contributed by atoms with Crippen LogP contribution in [-0.2, 0) is 11.2 Å². The third kappa shape index (κ3) is 4.52. The first-order valence-electron chi connectivity index (χ1n) is 12.9. The van der Waals surface area contributed by atoms with Gasteiger partial charge in [-0.15, -0.1) is 0 Å². The molecule has 1 aromatic carbocycles. The summed E-state index contributed by atoms with van der Waals surface area (Å²) in [6, 6.07) is 8.91. The maximum Gasteiger partial charge on any atom is 0.223 e. The molecule has 0 saturated heterocycles. The Morgan fingerprint density at radius 3 is 2.41 bits per heavy atom. The van der Waals surface area contributed by atoms with Gasteiger partial charge in [0, 0.05) is 24.4 Å². The summed E-state index contributed by atoms with van der Waals surface area (Å²) in [5, 5.41) is 12.9. The van der Waals surface area contributed by atoms with Crippen LogP contribution < -0.4 is 10.6 Å². The standard InChI is InChI=1S/C27H36N6O/c1-4-23-30-25(24-18(3)32-33(26(24)31-23)22-12-8-5-9-17(22)2)28-20-13-15-21(16-14-20)29-27(34)19-10-6-7-11-19/h5,8-9,12,19-21H,4,6-7,10-11,13-16H2,1-3H3,(H,29,34)(H,28,30,31). The predicted molar refractivity (Wildman–Crippen MR) is 135 cm³/mol. The number of para-hydroxylation sites is 1. The number of amides is 1. The highest BCUT2D eigenvalue weighted by Crippen LogP contribution is 2.31. The largest absolute Gasteiger partial charge is 0.367 e. The lowest BCUT2D eigenvalue weighted by Crippen LogP contribution is -2.42. The summed E-state index contributed by atoms with van der Waals surface area (Å²) in [5.41, 5.74) is 4.00. The first-order chi connectivity index (χ1) is 16.5. The Kier molecular flexibility index (Phi) is 6.53. The summed E-state index contributed by atoms with van der Waals surface area (Å²) in [7, 11) is 0. The summed E-state index contributed by atoms with van der Waals surface area (Å²) in [6.45, 7) is 6.22. The van der Waals surface area contributed by atoms with Crippen molar-refractivity contribution < 1.29 is 4.79 Å². The monoisotopic (exact) mass is 460 g/mol. The van der Waals surface area contributed by atoms with Gasteiger partial charge in [0.15, 0.2) is 5.65 Å². The van der Waals surface area contributed by atoms with Gasteiger partial charge in [-0.3, -0.25) is 4.79 Å². The highest BCUT2D eigenvalue weighted by atomic mass is 16.1. The molecule has 2 fully saturated rings. The van der Waals surface area contributed by atoms with Gasteiger partial charge in [-0.2, -0.15) is 5.10 Å². The predicted octanol–water partition coefficient (Wildman–Crippen LogP) is 5.02. The average molecular weight is 461 g/mol. The zero-order valence-electron chi connectivity index (χ0n) is 20.6. The third-order valence-corrected chi connectivity index (χ3v) is 7.55. The van der Waals surface area contributed by atoms with E-state index in [1.807, 2.05) is 23.7 Å². The molecule has 0 radical (unpaired) electrons. The summed E-state index contributed by atoms with van der Waals surface area (Å²) in [5.74, 6) is 2.23. The van der Waals surface area contributed by atoms with Crippen molar-refractivity contribution in [3.8, 4) is 5.69 Å². The molecular weight excluding hydrogens is 424 g/mol. The Bertz CT molecular complexity index is 1170. The van der Waals surface area contributed by atoms with Gasteiger partial charge in [-0.05, 0) is 64.0 Å². The average Bonchev–Trinajstić information content (AvgIpc) is 3.49. The fourth-order valence-corrected chi connectivity index (χ4v) is 5.54. The van der Waals surface area contributed by atoms with E-state index in [1.165, 1.54) is 12.8 Å². The molecule has 2 saturated carbocycles. The van der Waals surface area contributed by atoms with Gasteiger partial charge < -0.3 is 10.6 Å². The van der Waals surface area contributed by atoms with Gasteiger partial charge in [0.25, 0.3) is 0 Å². The highest BCUT2D eigenvalue weighted by molar-refractivity contribution is 5.90. The normalized spacial score (nSPS) is 21.1. The second-order valence-corrected chi connectivity index (χ2v) is 10.0. The maximum atomic E-state index is 12.5. The molecule has 2 N–H and O–H groups in total. The second kappa shape index (κ2) is 9.72. The van der Waals surface area contributed by atoms with Gasteiger partial charge in [0.05, 0.1) is 16.8 Å². The smallest absolute Gasteiger partial charge is 0.223 e. The van der Waals surface area contributed by atoms with Crippen LogP contribution in [0.1, 0.15) is 75.4 Å². The topological polar surface area (TPSA) is 84.7 Å². The number of hydrogen-bond donors (Lipinski definition) is 2. The SMILES string of the molecule is CCc1nc(NC2CCC(NC(=O)C3CCCC3)CC2)c2c(C)nn(-c3ccccc3C)c2n1. The summed E-state index contributed by atoms with van der Waals surface area (Å²) in [4.78, 5) is 22.3. The number of anilines is 1. The van der Waals surface area contributed by atoms with Gasteiger partial charge in [-0.25, -0.2) is 14.6 Å². The van der Waals surface area contributed by atoms with E-state index in [0.29, 0.717) is 12.1 Å². The number of nitrogens with one attached hydrogen (secondary N) is 2. The Hall–Kier alpha value is -2.96. The lowest BCUT2D eigenvalue weighted by atomic mass is 9.90. The van der Waals surface area contributed by atoms with Crippen molar-refractivity contribution in [2.75, 3.05) is 5.32 Å². The molecule has 0 aliphatic heterocycles. The number of fused-ring (bicyclic) bond motifs is 1. The van der Waals surface area contributed by atoms with E-state index in [2.05, 4.69) is 36.6 Å². The van der Waals surface area contributed by atoms with Crippen molar-refractivity contribution in [3.05, 3.63) is 41.3 Å². The molecule has 180 valence electrons. The first-order valence-corrected chi connectivity index (χ1v) is 12.9. The van der Waals surface area contributed by atoms with E-state index < -0.39 is 0 Å². The molecule has 0 spiro atoms. The Balaban J connectivity index is 1.34. The van der Waals surface area contributed by atoms with Crippen LogP contribution >= 0.6 is 0 Å². The molecule has 1 amide bonds. The van der Waals surface area contributed by atoms with Crippen molar-refractivity contribution in [1.82, 2.24) is 25.1 Å². The summed E-state index contributed by atoms with van der Waals surface area (Å²) < 4.78 is 1.96. The van der Waals surface area contributed by atoms with Crippen LogP contribution in [-0.4, -0.2) is 37.7 Å². The van der Waals surface area contributed by atoms with Crippen LogP contribution in [0.15, 0.2) is 24.3 Å². The van der Waals surface area contributed by atoms with Crippen molar-refractivity contribution in [2.24, 2.45) is 5.92 Å². The molecule has 0 unspecified atom stereocenters. The first kappa shape index (κ1) is 22.8. The van der Waals surface area contributed by atoms with E-state index in [0.717, 1.165) is 84.6 Å². The van der Waals surface area contributed by atoms with E-state index in [9.17, 15) is 4.79 Å². The van der Waals surface area contributed by atoms with Crippen molar-refractivity contribution >= 4 is 22.8 Å². The quantitative estimate of drug-likeness (QED) is 0.539. The highest BCUT2D eigenvalue weighted by Gasteiger charge is 2.28. The van der Waals surface area contributed by atoms with Crippen LogP contribution in [0.5, 0.6) is 0 Å². The lowest BCUT2D eigenvalue weighted by molar-refractivity contribution is -0.125. The molecule has 2 aromatic heterocycles. The molecule has 7 nitrogen and oxygen atoms in total. The molecule has 0 atom stereocenters. The molecule has 34 heavy (non-hydrogen) atoms. The molecule has 2 heterocycles. The molecular formula is C27H36N6O.